The molecule has 10 heteroatoms. The average Bonchev–Trinajstić information content (AvgIpc) is 2.76. The molecule has 0 aromatic rings. The molecule has 2 saturated heterocycles. The maximum atomic E-state index is 10.1. The predicted molar refractivity (Wildman–Crippen MR) is 70.9 cm³/mol. The summed E-state index contributed by atoms with van der Waals surface area (Å²) in [5, 5.41) is 57.8. The van der Waals surface area contributed by atoms with Crippen LogP contribution < -0.4 is 0 Å². The monoisotopic (exact) mass is 344 g/mol. The molecule has 2 heterocycles. The van der Waals surface area contributed by atoms with Crippen molar-refractivity contribution in [3.63, 3.8) is 0 Å². The average molecular weight is 345 g/mol. The van der Waals surface area contributed by atoms with Crippen LogP contribution in [0.1, 0.15) is 6.42 Å². The zero-order chi connectivity index (χ0) is 16.5. The van der Waals surface area contributed by atoms with Crippen molar-refractivity contribution in [1.82, 2.24) is 0 Å². The van der Waals surface area contributed by atoms with E-state index >= 15 is 0 Å². The van der Waals surface area contributed by atoms with Gasteiger partial charge < -0.3 is 44.8 Å². The summed E-state index contributed by atoms with van der Waals surface area (Å²) in [4.78, 5) is 0. The van der Waals surface area contributed by atoms with E-state index in [0.29, 0.717) is 0 Å². The van der Waals surface area contributed by atoms with Gasteiger partial charge in [0.25, 0.3) is 0 Å². The molecule has 0 saturated carbocycles. The van der Waals surface area contributed by atoms with Crippen molar-refractivity contribution in [3.8, 4) is 0 Å². The van der Waals surface area contributed by atoms with Crippen LogP contribution in [0.3, 0.4) is 0 Å². The Kier molecular flexibility index (Phi) is 6.00. The van der Waals surface area contributed by atoms with Gasteiger partial charge in [0.2, 0.25) is 5.79 Å². The second-order valence-electron chi connectivity index (χ2n) is 5.44. The first-order valence-electron chi connectivity index (χ1n) is 6.89. The molecule has 0 unspecified atom stereocenters. The topological polar surface area (TPSA) is 149 Å². The summed E-state index contributed by atoms with van der Waals surface area (Å²) in [6, 6.07) is 0. The summed E-state index contributed by atoms with van der Waals surface area (Å²) in [6.07, 6.45) is -9.01. The molecule has 0 aromatic carbocycles. The van der Waals surface area contributed by atoms with Crippen LogP contribution in [0, 0.1) is 0 Å². The van der Waals surface area contributed by atoms with Gasteiger partial charge >= 0.3 is 0 Å². The third kappa shape index (κ3) is 3.24. The van der Waals surface area contributed by atoms with Gasteiger partial charge in [0, 0.05) is 6.42 Å². The number of aliphatic hydroxyl groups excluding tert-OH is 6. The molecule has 8 atom stereocenters. The van der Waals surface area contributed by atoms with Gasteiger partial charge in [-0.05, 0) is 0 Å². The lowest BCUT2D eigenvalue weighted by Crippen LogP contribution is -2.57. The van der Waals surface area contributed by atoms with Crippen LogP contribution >= 0.6 is 11.6 Å². The van der Waals surface area contributed by atoms with E-state index < -0.39 is 67.8 Å². The van der Waals surface area contributed by atoms with Crippen LogP contribution in [0.5, 0.6) is 0 Å². The first-order valence-corrected chi connectivity index (χ1v) is 7.43. The van der Waals surface area contributed by atoms with E-state index in [2.05, 4.69) is 0 Å². The maximum absolute atomic E-state index is 10.1. The van der Waals surface area contributed by atoms with Crippen LogP contribution in [-0.2, 0) is 14.2 Å². The minimum absolute atomic E-state index is 0.0106. The van der Waals surface area contributed by atoms with Crippen LogP contribution in [-0.4, -0.2) is 98.4 Å². The van der Waals surface area contributed by atoms with Crippen LogP contribution in [0.4, 0.5) is 0 Å². The summed E-state index contributed by atoms with van der Waals surface area (Å²) in [5.74, 6) is -2.34. The maximum Gasteiger partial charge on any atom is 0.214 e. The molecule has 0 radical (unpaired) electrons. The van der Waals surface area contributed by atoms with E-state index in [1.807, 2.05) is 0 Å². The molecule has 0 bridgehead atoms. The lowest BCUT2D eigenvalue weighted by atomic mass is 10.0. The van der Waals surface area contributed by atoms with Crippen LogP contribution in [0.2, 0.25) is 0 Å². The van der Waals surface area contributed by atoms with E-state index in [0.717, 1.165) is 0 Å². The van der Waals surface area contributed by atoms with Crippen LogP contribution in [0.15, 0.2) is 0 Å². The highest BCUT2D eigenvalue weighted by Crippen LogP contribution is 2.36. The summed E-state index contributed by atoms with van der Waals surface area (Å²) < 4.78 is 16.0. The Hall–Kier alpha value is -0.0700. The standard InChI is InChI=1S/C12H21ClO9/c13-4-12(10(19)9(18)7(3-15)21-12)22-11-8(17)6(16)1-5(2-14)20-11/h5-11,14-19H,1-4H2/t5-,6-,7+,8+,9+,10-,11+,12-/m0/s1. The Labute approximate surface area is 131 Å². The lowest BCUT2D eigenvalue weighted by molar-refractivity contribution is -0.359. The van der Waals surface area contributed by atoms with Crippen molar-refractivity contribution in [1.29, 1.82) is 0 Å². The normalized spacial score (nSPS) is 49.5. The minimum Gasteiger partial charge on any atom is -0.394 e. The van der Waals surface area contributed by atoms with E-state index in [4.69, 9.17) is 36.0 Å². The molecule has 9 nitrogen and oxygen atoms in total. The highest BCUT2D eigenvalue weighted by molar-refractivity contribution is 6.18. The summed E-state index contributed by atoms with van der Waals surface area (Å²) in [5.41, 5.74) is 0. The highest BCUT2D eigenvalue weighted by atomic mass is 35.5. The molecular formula is C12H21ClO9. The number of ether oxygens (including phenoxy) is 3. The SMILES string of the molecule is OC[C@@H]1C[C@H](O)[C@@H](O)[C@@H](O[C@]2(CCl)O[C@H](CO)[C@@H](O)[C@@H]2O)O1. The van der Waals surface area contributed by atoms with Gasteiger partial charge in [-0.25, -0.2) is 0 Å². The number of aliphatic hydroxyl groups is 6. The fraction of sp³-hybridized carbons (Fsp3) is 1.00. The number of hydrogen-bond acceptors (Lipinski definition) is 9. The fourth-order valence-electron chi connectivity index (χ4n) is 2.57. The summed E-state index contributed by atoms with van der Waals surface area (Å²) in [6.45, 7) is -0.973. The van der Waals surface area contributed by atoms with Crippen molar-refractivity contribution in [2.45, 2.75) is 55.1 Å². The molecule has 2 rings (SSSR count). The van der Waals surface area contributed by atoms with Crippen molar-refractivity contribution in [2.24, 2.45) is 0 Å². The van der Waals surface area contributed by atoms with E-state index in [1.165, 1.54) is 0 Å². The fourth-order valence-corrected chi connectivity index (χ4v) is 2.86. The molecule has 0 aliphatic carbocycles. The zero-order valence-electron chi connectivity index (χ0n) is 11.7. The van der Waals surface area contributed by atoms with Crippen molar-refractivity contribution >= 4 is 11.6 Å². The smallest absolute Gasteiger partial charge is 0.214 e. The highest BCUT2D eigenvalue weighted by Gasteiger charge is 2.57. The van der Waals surface area contributed by atoms with Gasteiger partial charge in [-0.15, -0.1) is 11.6 Å². The number of alkyl halides is 1. The van der Waals surface area contributed by atoms with Crippen LogP contribution in [0.25, 0.3) is 0 Å². The molecule has 6 N–H and O–H groups in total. The Morgan fingerprint density at radius 2 is 1.77 bits per heavy atom. The van der Waals surface area contributed by atoms with Crippen molar-refractivity contribution < 1.29 is 44.8 Å². The molecule has 2 fully saturated rings. The van der Waals surface area contributed by atoms with Gasteiger partial charge in [0.1, 0.15) is 24.4 Å². The molecule has 2 aliphatic rings. The second kappa shape index (κ2) is 7.22. The van der Waals surface area contributed by atoms with E-state index in [1.54, 1.807) is 0 Å². The number of rotatable bonds is 5. The third-order valence-corrected chi connectivity index (χ3v) is 4.27. The number of hydrogen-bond donors (Lipinski definition) is 6. The Bertz CT molecular complexity index is 373. The zero-order valence-corrected chi connectivity index (χ0v) is 12.4. The van der Waals surface area contributed by atoms with E-state index in [9.17, 15) is 20.4 Å². The molecule has 2 aliphatic heterocycles. The van der Waals surface area contributed by atoms with Gasteiger partial charge in [0.05, 0.1) is 31.3 Å². The molecule has 0 aromatic heterocycles. The molecule has 130 valence electrons. The molecule has 0 spiro atoms. The Morgan fingerprint density at radius 3 is 2.27 bits per heavy atom. The summed E-state index contributed by atoms with van der Waals surface area (Å²) in [7, 11) is 0. The summed E-state index contributed by atoms with van der Waals surface area (Å²) >= 11 is 5.77. The van der Waals surface area contributed by atoms with Gasteiger partial charge in [-0.2, -0.15) is 0 Å². The van der Waals surface area contributed by atoms with Gasteiger partial charge in [-0.3, -0.25) is 0 Å². The Morgan fingerprint density at radius 1 is 1.09 bits per heavy atom. The number of halogens is 1. The third-order valence-electron chi connectivity index (χ3n) is 3.90. The molecular weight excluding hydrogens is 324 g/mol. The lowest BCUT2D eigenvalue weighted by Gasteiger charge is -2.41. The predicted octanol–water partition coefficient (Wildman–Crippen LogP) is -3.12. The molecule has 0 amide bonds. The van der Waals surface area contributed by atoms with Crippen molar-refractivity contribution in [2.75, 3.05) is 19.1 Å². The first-order chi connectivity index (χ1) is 10.4. The Balaban J connectivity index is 2.15. The minimum atomic E-state index is -1.92. The van der Waals surface area contributed by atoms with Gasteiger partial charge in [-0.1, -0.05) is 0 Å². The van der Waals surface area contributed by atoms with Crippen molar-refractivity contribution in [3.05, 3.63) is 0 Å². The first kappa shape index (κ1) is 18.3. The van der Waals surface area contributed by atoms with E-state index in [-0.39, 0.29) is 6.42 Å². The second-order valence-corrected chi connectivity index (χ2v) is 5.71. The van der Waals surface area contributed by atoms with Gasteiger partial charge in [0.15, 0.2) is 6.29 Å². The molecule has 22 heavy (non-hydrogen) atoms. The largest absolute Gasteiger partial charge is 0.394 e. The quantitative estimate of drug-likeness (QED) is 0.285.